The van der Waals surface area contributed by atoms with Crippen LogP contribution in [0.3, 0.4) is 0 Å². The molecule has 0 aliphatic heterocycles. The summed E-state index contributed by atoms with van der Waals surface area (Å²) in [5, 5.41) is 12.6. The minimum atomic E-state index is -0.273. The molecule has 0 radical (unpaired) electrons. The van der Waals surface area contributed by atoms with Crippen molar-refractivity contribution < 1.29 is 9.18 Å². The highest BCUT2D eigenvalue weighted by Gasteiger charge is 2.26. The molecule has 30 heavy (non-hydrogen) atoms. The van der Waals surface area contributed by atoms with Crippen LogP contribution in [0, 0.1) is 12.7 Å². The van der Waals surface area contributed by atoms with Gasteiger partial charge >= 0.3 is 0 Å². The Hall–Kier alpha value is -3.09. The zero-order valence-corrected chi connectivity index (χ0v) is 17.2. The lowest BCUT2D eigenvalue weighted by Crippen LogP contribution is -2.42. The number of amides is 1. The second-order valence-corrected chi connectivity index (χ2v) is 7.95. The molecule has 2 aromatic carbocycles. The highest BCUT2D eigenvalue weighted by molar-refractivity contribution is 5.76. The van der Waals surface area contributed by atoms with Crippen LogP contribution in [0.2, 0.25) is 0 Å². The van der Waals surface area contributed by atoms with Crippen LogP contribution >= 0.6 is 0 Å². The number of hydrogen-bond donors (Lipinski definition) is 0. The molecule has 1 saturated carbocycles. The first-order valence-corrected chi connectivity index (χ1v) is 10.5. The van der Waals surface area contributed by atoms with E-state index in [0.717, 1.165) is 42.4 Å². The Kier molecular flexibility index (Phi) is 6.16. The highest BCUT2D eigenvalue weighted by atomic mass is 19.1. The van der Waals surface area contributed by atoms with Crippen molar-refractivity contribution in [1.29, 1.82) is 0 Å². The molecule has 0 unspecified atom stereocenters. The van der Waals surface area contributed by atoms with Crippen molar-refractivity contribution in [3.63, 3.8) is 0 Å². The summed E-state index contributed by atoms with van der Waals surface area (Å²) >= 11 is 0. The number of rotatable bonds is 6. The van der Waals surface area contributed by atoms with Crippen LogP contribution < -0.4 is 0 Å². The van der Waals surface area contributed by atoms with Crippen LogP contribution in [0.1, 0.15) is 43.2 Å². The first-order chi connectivity index (χ1) is 14.6. The van der Waals surface area contributed by atoms with E-state index in [1.54, 1.807) is 12.1 Å². The number of halogens is 1. The molecule has 6 nitrogen and oxygen atoms in total. The molecule has 1 aliphatic carbocycles. The fourth-order valence-corrected chi connectivity index (χ4v) is 3.94. The lowest BCUT2D eigenvalue weighted by Gasteiger charge is -2.34. The molecule has 0 saturated heterocycles. The van der Waals surface area contributed by atoms with E-state index in [9.17, 15) is 9.18 Å². The fraction of sp³-hybridized carbons (Fsp3) is 0.391. The average molecular weight is 407 g/mol. The van der Waals surface area contributed by atoms with Gasteiger partial charge in [-0.3, -0.25) is 4.79 Å². The Balaban J connectivity index is 1.49. The maximum atomic E-state index is 13.3. The molecular weight excluding hydrogens is 381 g/mol. The van der Waals surface area contributed by atoms with Gasteiger partial charge in [-0.15, -0.1) is 10.2 Å². The largest absolute Gasteiger partial charge is 0.334 e. The number of benzene rings is 2. The number of aromatic nitrogens is 4. The Morgan fingerprint density at radius 3 is 2.47 bits per heavy atom. The first kappa shape index (κ1) is 20.2. The Labute approximate surface area is 175 Å². The summed E-state index contributed by atoms with van der Waals surface area (Å²) in [5.74, 6) is 0.189. The van der Waals surface area contributed by atoms with E-state index < -0.39 is 0 Å². The fourth-order valence-electron chi connectivity index (χ4n) is 3.94. The van der Waals surface area contributed by atoms with Crippen molar-refractivity contribution >= 4 is 5.91 Å². The van der Waals surface area contributed by atoms with E-state index in [-0.39, 0.29) is 24.3 Å². The lowest BCUT2D eigenvalue weighted by molar-refractivity contribution is -0.136. The number of aryl methyl sites for hydroxylation is 1. The van der Waals surface area contributed by atoms with E-state index in [1.807, 2.05) is 36.1 Å². The highest BCUT2D eigenvalue weighted by Crippen LogP contribution is 2.25. The van der Waals surface area contributed by atoms with Crippen molar-refractivity contribution in [3.8, 4) is 11.4 Å². The normalized spacial score (nSPS) is 14.6. The summed E-state index contributed by atoms with van der Waals surface area (Å²) in [5.41, 5.74) is 2.95. The Bertz CT molecular complexity index is 978. The van der Waals surface area contributed by atoms with Gasteiger partial charge in [0.05, 0.1) is 0 Å². The zero-order chi connectivity index (χ0) is 20.9. The molecule has 0 spiro atoms. The summed E-state index contributed by atoms with van der Waals surface area (Å²) in [6.45, 7) is 2.52. The van der Waals surface area contributed by atoms with Gasteiger partial charge in [-0.2, -0.15) is 4.80 Å². The Morgan fingerprint density at radius 2 is 1.77 bits per heavy atom. The molecule has 156 valence electrons. The molecule has 7 heteroatoms. The molecule has 1 fully saturated rings. The molecule has 1 aromatic heterocycles. The van der Waals surface area contributed by atoms with Crippen molar-refractivity contribution in [2.24, 2.45) is 0 Å². The minimum Gasteiger partial charge on any atom is -0.334 e. The van der Waals surface area contributed by atoms with E-state index in [0.29, 0.717) is 12.4 Å². The summed E-state index contributed by atoms with van der Waals surface area (Å²) in [7, 11) is 0. The Morgan fingerprint density at radius 1 is 1.07 bits per heavy atom. The van der Waals surface area contributed by atoms with Crippen LogP contribution in [0.5, 0.6) is 0 Å². The van der Waals surface area contributed by atoms with E-state index in [1.165, 1.54) is 23.4 Å². The standard InChI is InChI=1S/C23H26FN5O/c1-17-7-11-19(12-8-17)23-25-27-29(26-23)16-22(30)28(21-5-3-2-4-6-21)15-18-9-13-20(24)14-10-18/h7-14,21H,2-6,15-16H2,1H3. The van der Waals surface area contributed by atoms with Crippen LogP contribution in [0.25, 0.3) is 11.4 Å². The van der Waals surface area contributed by atoms with Crippen molar-refractivity contribution in [3.05, 3.63) is 65.5 Å². The summed E-state index contributed by atoms with van der Waals surface area (Å²) in [4.78, 5) is 16.5. The van der Waals surface area contributed by atoms with E-state index in [2.05, 4.69) is 15.4 Å². The smallest absolute Gasteiger partial charge is 0.246 e. The van der Waals surface area contributed by atoms with Gasteiger partial charge in [0.2, 0.25) is 11.7 Å². The number of nitrogens with zero attached hydrogens (tertiary/aromatic N) is 5. The van der Waals surface area contributed by atoms with Crippen LogP contribution in [-0.4, -0.2) is 37.1 Å². The SMILES string of the molecule is Cc1ccc(-c2nnn(CC(=O)N(Cc3ccc(F)cc3)C3CCCCC3)n2)cc1. The molecule has 1 heterocycles. The van der Waals surface area contributed by atoms with Gasteiger partial charge in [-0.05, 0) is 42.7 Å². The number of carbonyl (C=O) groups excluding carboxylic acids is 1. The van der Waals surface area contributed by atoms with E-state index in [4.69, 9.17) is 0 Å². The summed E-state index contributed by atoms with van der Waals surface area (Å²) in [6, 6.07) is 14.4. The van der Waals surface area contributed by atoms with Gasteiger partial charge in [-0.25, -0.2) is 4.39 Å². The third-order valence-corrected chi connectivity index (χ3v) is 5.64. The van der Waals surface area contributed by atoms with Crippen LogP contribution in [-0.2, 0) is 17.9 Å². The average Bonchev–Trinajstić information content (AvgIpc) is 3.22. The van der Waals surface area contributed by atoms with Crippen LogP contribution in [0.15, 0.2) is 48.5 Å². The van der Waals surface area contributed by atoms with Gasteiger partial charge in [-0.1, -0.05) is 61.2 Å². The van der Waals surface area contributed by atoms with Crippen molar-refractivity contribution in [2.75, 3.05) is 0 Å². The number of tetrazole rings is 1. The zero-order valence-electron chi connectivity index (χ0n) is 17.2. The monoisotopic (exact) mass is 407 g/mol. The third-order valence-electron chi connectivity index (χ3n) is 5.64. The van der Waals surface area contributed by atoms with Crippen molar-refractivity contribution in [2.45, 2.75) is 58.2 Å². The number of hydrogen-bond acceptors (Lipinski definition) is 4. The van der Waals surface area contributed by atoms with Gasteiger partial charge in [0.1, 0.15) is 12.4 Å². The molecule has 1 amide bonds. The van der Waals surface area contributed by atoms with E-state index >= 15 is 0 Å². The third kappa shape index (κ3) is 4.90. The summed E-state index contributed by atoms with van der Waals surface area (Å²) < 4.78 is 13.3. The predicted octanol–water partition coefficient (Wildman–Crippen LogP) is 4.15. The second-order valence-electron chi connectivity index (χ2n) is 7.95. The first-order valence-electron chi connectivity index (χ1n) is 10.5. The van der Waals surface area contributed by atoms with Gasteiger partial charge < -0.3 is 4.90 Å². The summed E-state index contributed by atoms with van der Waals surface area (Å²) in [6.07, 6.45) is 5.44. The van der Waals surface area contributed by atoms with Gasteiger partial charge in [0.25, 0.3) is 0 Å². The maximum absolute atomic E-state index is 13.3. The molecule has 0 atom stereocenters. The molecule has 3 aromatic rings. The molecule has 0 bridgehead atoms. The lowest BCUT2D eigenvalue weighted by atomic mass is 9.93. The quantitative estimate of drug-likeness (QED) is 0.616. The van der Waals surface area contributed by atoms with Gasteiger partial charge in [0.15, 0.2) is 0 Å². The second kappa shape index (κ2) is 9.15. The molecule has 4 rings (SSSR count). The topological polar surface area (TPSA) is 63.9 Å². The minimum absolute atomic E-state index is 0.0383. The maximum Gasteiger partial charge on any atom is 0.246 e. The number of carbonyl (C=O) groups is 1. The predicted molar refractivity (Wildman–Crippen MR) is 112 cm³/mol. The molecule has 0 N–H and O–H groups in total. The van der Waals surface area contributed by atoms with Crippen LogP contribution in [0.4, 0.5) is 4.39 Å². The molecule has 1 aliphatic rings. The molecular formula is C23H26FN5O. The van der Waals surface area contributed by atoms with Crippen molar-refractivity contribution in [1.82, 2.24) is 25.1 Å². The van der Waals surface area contributed by atoms with Gasteiger partial charge in [0, 0.05) is 18.2 Å².